The van der Waals surface area contributed by atoms with Crippen LogP contribution in [-0.4, -0.2) is 44.9 Å². The van der Waals surface area contributed by atoms with Gasteiger partial charge in [0.2, 0.25) is 0 Å². The molecule has 0 saturated carbocycles. The van der Waals surface area contributed by atoms with E-state index >= 15 is 0 Å². The van der Waals surface area contributed by atoms with Gasteiger partial charge in [-0.05, 0) is 84.9 Å². The van der Waals surface area contributed by atoms with Crippen LogP contribution in [-0.2, 0) is 19.5 Å². The van der Waals surface area contributed by atoms with Gasteiger partial charge in [0, 0.05) is 54.2 Å². The van der Waals surface area contributed by atoms with Gasteiger partial charge in [0.25, 0.3) is 0 Å². The van der Waals surface area contributed by atoms with Gasteiger partial charge in [0.05, 0.1) is 39.3 Å². The molecular weight excluding hydrogens is 961 g/mol. The van der Waals surface area contributed by atoms with Gasteiger partial charge >= 0.3 is 85.5 Å². The third-order valence-electron chi connectivity index (χ3n) is 6.97. The quantitative estimate of drug-likeness (QED) is 0.0549. The van der Waals surface area contributed by atoms with E-state index in [1.807, 2.05) is 109 Å². The van der Waals surface area contributed by atoms with E-state index in [1.165, 1.54) is 0 Å². The Hall–Kier alpha value is -5.97. The minimum Gasteiger partial charge on any atom is -0.255 e. The van der Waals surface area contributed by atoms with Crippen molar-refractivity contribution < 1.29 is 69.8 Å². The Balaban J connectivity index is 0.000000182. The predicted octanol–water partition coefficient (Wildman–Crippen LogP) is 14.3. The van der Waals surface area contributed by atoms with Gasteiger partial charge in [-0.15, -0.1) is 0 Å². The van der Waals surface area contributed by atoms with Crippen LogP contribution >= 0.6 is 15.6 Å². The summed E-state index contributed by atoms with van der Waals surface area (Å²) in [6.45, 7) is 0. The molecule has 9 rings (SSSR count). The molecule has 0 N–H and O–H groups in total. The predicted molar refractivity (Wildman–Crippen MR) is 208 cm³/mol. The monoisotopic (exact) mass is 987 g/mol. The Morgan fingerprint density at radius 1 is 0.295 bits per heavy atom. The standard InChI is InChI=1S/C17H9N5.2C10H8N2.2F6P.Ru/c1-4-10-13(18-7-1)14-11(5-2-8-19-14)16-15(10)21-12-6-3-9-20-17(12)22-16;2*1-3-7-11-9(5-1)10-6-2-4-8-12-10;2*1-7(2,3,4,5)6;/h1-9H;2*1-8H;;;/q;;;2*-1;+2. The molecule has 0 aliphatic heterocycles. The SMILES string of the molecule is F[P-](F)(F)(F)(F)F.F[P-](F)(F)(F)(F)F.[Ru+2].c1ccc(-c2ccccn2)nc1.c1ccc(-c2ccccn2)nc1.c1cnc2nc3c4cccnc4c4ncccc4c3nc2c1. The third kappa shape index (κ3) is 17.7. The summed E-state index contributed by atoms with van der Waals surface area (Å²) >= 11 is 0. The number of aromatic nitrogens is 9. The van der Waals surface area contributed by atoms with Crippen molar-refractivity contribution in [3.05, 3.63) is 153 Å². The molecule has 8 heterocycles. The van der Waals surface area contributed by atoms with Crippen LogP contribution in [0.4, 0.5) is 50.4 Å². The Morgan fingerprint density at radius 2 is 0.590 bits per heavy atom. The number of hydrogen-bond donors (Lipinski definition) is 0. The Bertz CT molecular complexity index is 2570. The van der Waals surface area contributed by atoms with E-state index in [1.54, 1.807) is 43.4 Å². The molecule has 0 atom stereocenters. The summed E-state index contributed by atoms with van der Waals surface area (Å²) in [6.07, 6.45) is 12.3. The molecule has 61 heavy (non-hydrogen) atoms. The maximum Gasteiger partial charge on any atom is 2.00 e. The van der Waals surface area contributed by atoms with E-state index in [2.05, 4.69) is 34.9 Å². The van der Waals surface area contributed by atoms with E-state index in [0.29, 0.717) is 5.65 Å². The van der Waals surface area contributed by atoms with Crippen molar-refractivity contribution in [2.45, 2.75) is 0 Å². The first-order valence-corrected chi connectivity index (χ1v) is 20.6. The van der Waals surface area contributed by atoms with Gasteiger partial charge in [-0.2, -0.15) is 0 Å². The average molecular weight is 987 g/mol. The molecule has 0 amide bonds. The number of pyridine rings is 7. The largest absolute Gasteiger partial charge is 2.00 e. The summed E-state index contributed by atoms with van der Waals surface area (Å²) in [5.41, 5.74) is 8.43. The van der Waals surface area contributed by atoms with Crippen molar-refractivity contribution >= 4 is 59.6 Å². The number of hydrogen-bond acceptors (Lipinski definition) is 9. The van der Waals surface area contributed by atoms with E-state index in [9.17, 15) is 50.4 Å². The second-order valence-corrected chi connectivity index (χ2v) is 15.7. The topological polar surface area (TPSA) is 116 Å². The van der Waals surface area contributed by atoms with Gasteiger partial charge < -0.3 is 0 Å². The van der Waals surface area contributed by atoms with Gasteiger partial charge in [0.15, 0.2) is 5.65 Å². The van der Waals surface area contributed by atoms with Crippen molar-refractivity contribution in [2.75, 3.05) is 0 Å². The summed E-state index contributed by atoms with van der Waals surface area (Å²) in [5, 5.41) is 1.91. The minimum absolute atomic E-state index is 0. The molecule has 0 aliphatic carbocycles. The summed E-state index contributed by atoms with van der Waals surface area (Å²) in [6, 6.07) is 34.8. The van der Waals surface area contributed by atoms with E-state index in [-0.39, 0.29) is 19.5 Å². The molecule has 0 radical (unpaired) electrons. The molecule has 0 unspecified atom stereocenters. The van der Waals surface area contributed by atoms with Gasteiger partial charge in [-0.25, -0.2) is 15.0 Å². The zero-order valence-corrected chi connectivity index (χ0v) is 33.8. The van der Waals surface area contributed by atoms with Gasteiger partial charge in [0.1, 0.15) is 11.0 Å². The summed E-state index contributed by atoms with van der Waals surface area (Å²) < 4.78 is 118. The molecule has 0 aliphatic rings. The van der Waals surface area contributed by atoms with Crippen LogP contribution in [0.1, 0.15) is 0 Å². The first-order chi connectivity index (χ1) is 27.7. The molecule has 0 bridgehead atoms. The molecule has 24 heteroatoms. The van der Waals surface area contributed by atoms with Crippen LogP contribution in [0.5, 0.6) is 0 Å². The smallest absolute Gasteiger partial charge is 0.255 e. The normalized spacial score (nSPS) is 13.3. The Kier molecular flexibility index (Phi) is 13.4. The maximum absolute atomic E-state index is 10.7. The van der Waals surface area contributed by atoms with Gasteiger partial charge in [-0.3, -0.25) is 29.9 Å². The molecule has 0 spiro atoms. The zero-order chi connectivity index (χ0) is 43.8. The van der Waals surface area contributed by atoms with Crippen LogP contribution in [0.3, 0.4) is 0 Å². The van der Waals surface area contributed by atoms with Crippen molar-refractivity contribution in [1.29, 1.82) is 0 Å². The van der Waals surface area contributed by atoms with Crippen LogP contribution < -0.4 is 0 Å². The van der Waals surface area contributed by atoms with Crippen LogP contribution in [0.2, 0.25) is 0 Å². The molecule has 320 valence electrons. The average Bonchev–Trinajstić information content (AvgIpc) is 3.20. The number of benzene rings is 1. The van der Waals surface area contributed by atoms with Crippen LogP contribution in [0.25, 0.3) is 66.8 Å². The fraction of sp³-hybridized carbons (Fsp3) is 0. The fourth-order valence-corrected chi connectivity index (χ4v) is 4.90. The van der Waals surface area contributed by atoms with E-state index in [0.717, 1.165) is 61.1 Å². The van der Waals surface area contributed by atoms with E-state index < -0.39 is 15.6 Å². The molecule has 1 aromatic carbocycles. The van der Waals surface area contributed by atoms with Crippen LogP contribution in [0.15, 0.2) is 153 Å². The second kappa shape index (κ2) is 17.2. The second-order valence-electron chi connectivity index (χ2n) is 11.8. The first kappa shape index (κ1) is 47.7. The van der Waals surface area contributed by atoms with Crippen molar-refractivity contribution in [3.8, 4) is 22.8 Å². The third-order valence-corrected chi connectivity index (χ3v) is 6.97. The number of halogens is 12. The molecule has 8 aromatic heterocycles. The van der Waals surface area contributed by atoms with Crippen molar-refractivity contribution in [3.63, 3.8) is 0 Å². The Morgan fingerprint density at radius 3 is 0.918 bits per heavy atom. The first-order valence-electron chi connectivity index (χ1n) is 16.6. The van der Waals surface area contributed by atoms with Crippen LogP contribution in [0, 0.1) is 0 Å². The van der Waals surface area contributed by atoms with Crippen molar-refractivity contribution in [1.82, 2.24) is 44.9 Å². The number of rotatable bonds is 2. The number of fused-ring (bicyclic) bond motifs is 7. The van der Waals surface area contributed by atoms with Gasteiger partial charge in [-0.1, -0.05) is 24.3 Å². The molecule has 0 fully saturated rings. The number of nitrogens with zero attached hydrogens (tertiary/aromatic N) is 9. The summed E-state index contributed by atoms with van der Waals surface area (Å²) in [7, 11) is -21.3. The van der Waals surface area contributed by atoms with E-state index in [4.69, 9.17) is 9.97 Å². The summed E-state index contributed by atoms with van der Waals surface area (Å²) in [5.74, 6) is 0. The molecular formula is C37H25F12N9P2Ru. The Labute approximate surface area is 348 Å². The maximum atomic E-state index is 9.87. The fourth-order valence-electron chi connectivity index (χ4n) is 4.90. The molecule has 0 saturated heterocycles. The zero-order valence-electron chi connectivity index (χ0n) is 30.2. The van der Waals surface area contributed by atoms with Crippen molar-refractivity contribution in [2.24, 2.45) is 0 Å². The summed E-state index contributed by atoms with van der Waals surface area (Å²) in [4.78, 5) is 39.5. The molecule has 9 nitrogen and oxygen atoms in total. The molecule has 9 aromatic rings. The minimum atomic E-state index is -10.7.